The van der Waals surface area contributed by atoms with Crippen molar-refractivity contribution in [3.05, 3.63) is 47.5 Å². The van der Waals surface area contributed by atoms with Gasteiger partial charge in [-0.1, -0.05) is 64.4 Å². The van der Waals surface area contributed by atoms with Crippen LogP contribution >= 0.6 is 0 Å². The Kier molecular flexibility index (Phi) is 11.1. The van der Waals surface area contributed by atoms with Crippen molar-refractivity contribution in [1.82, 2.24) is 0 Å². The maximum absolute atomic E-state index is 12.6. The lowest BCUT2D eigenvalue weighted by atomic mass is 9.96. The van der Waals surface area contributed by atoms with Crippen LogP contribution in [0.4, 0.5) is 0 Å². The largest absolute Gasteiger partial charge is 0.497 e. The van der Waals surface area contributed by atoms with Crippen molar-refractivity contribution in [3.63, 3.8) is 0 Å². The molecule has 1 aliphatic rings. The van der Waals surface area contributed by atoms with Crippen LogP contribution < -0.4 is 18.9 Å². The summed E-state index contributed by atoms with van der Waals surface area (Å²) in [5.41, 5.74) is 1.86. The van der Waals surface area contributed by atoms with Crippen molar-refractivity contribution in [1.29, 1.82) is 0 Å². The number of esters is 2. The van der Waals surface area contributed by atoms with Crippen molar-refractivity contribution in [3.8, 4) is 23.0 Å². The Labute approximate surface area is 215 Å². The van der Waals surface area contributed by atoms with E-state index in [2.05, 4.69) is 6.92 Å². The van der Waals surface area contributed by atoms with Crippen LogP contribution in [0.2, 0.25) is 0 Å². The zero-order valence-electron chi connectivity index (χ0n) is 22.0. The average Bonchev–Trinajstić information content (AvgIpc) is 2.87. The fourth-order valence-corrected chi connectivity index (χ4v) is 4.55. The van der Waals surface area contributed by atoms with Gasteiger partial charge in [0.25, 0.3) is 0 Å². The van der Waals surface area contributed by atoms with E-state index in [0.29, 0.717) is 29.4 Å². The number of rotatable bonds is 14. The van der Waals surface area contributed by atoms with Gasteiger partial charge in [0.15, 0.2) is 0 Å². The molecule has 0 saturated carbocycles. The summed E-state index contributed by atoms with van der Waals surface area (Å²) < 4.78 is 22.7. The molecule has 1 unspecified atom stereocenters. The molecule has 0 amide bonds. The first-order valence-electron chi connectivity index (χ1n) is 13.4. The maximum atomic E-state index is 12.6. The number of ether oxygens (including phenoxy) is 4. The molecule has 36 heavy (non-hydrogen) atoms. The number of carbonyl (C=O) groups excluding carboxylic acids is 2. The second-order valence-corrected chi connectivity index (χ2v) is 9.46. The molecule has 196 valence electrons. The molecule has 0 aliphatic carbocycles. The van der Waals surface area contributed by atoms with Gasteiger partial charge in [-0.05, 0) is 43.0 Å². The fourth-order valence-electron chi connectivity index (χ4n) is 4.55. The third-order valence-corrected chi connectivity index (χ3v) is 6.52. The predicted octanol–water partition coefficient (Wildman–Crippen LogP) is 7.51. The van der Waals surface area contributed by atoms with Crippen LogP contribution in [-0.2, 0) is 16.0 Å². The van der Waals surface area contributed by atoms with Crippen molar-refractivity contribution < 1.29 is 28.5 Å². The van der Waals surface area contributed by atoms with E-state index in [4.69, 9.17) is 18.9 Å². The molecule has 0 fully saturated rings. The highest BCUT2D eigenvalue weighted by atomic mass is 16.5. The Bertz CT molecular complexity index is 999. The monoisotopic (exact) mass is 496 g/mol. The fraction of sp³-hybridized carbons (Fsp3) is 0.533. The van der Waals surface area contributed by atoms with Crippen LogP contribution in [0.5, 0.6) is 23.0 Å². The van der Waals surface area contributed by atoms with Crippen molar-refractivity contribution in [2.24, 2.45) is 0 Å². The van der Waals surface area contributed by atoms with E-state index in [1.54, 1.807) is 25.3 Å². The third-order valence-electron chi connectivity index (χ3n) is 6.52. The van der Waals surface area contributed by atoms with Crippen LogP contribution in [-0.4, -0.2) is 19.0 Å². The second kappa shape index (κ2) is 14.5. The molecule has 2 aromatic carbocycles. The highest BCUT2D eigenvalue weighted by Crippen LogP contribution is 2.41. The Morgan fingerprint density at radius 1 is 0.889 bits per heavy atom. The number of fused-ring (bicyclic) bond motifs is 1. The molecule has 0 spiro atoms. The molecule has 0 N–H and O–H groups in total. The minimum absolute atomic E-state index is 0.235. The lowest BCUT2D eigenvalue weighted by molar-refractivity contribution is -0.134. The normalized spacial score (nSPS) is 14.5. The van der Waals surface area contributed by atoms with E-state index >= 15 is 0 Å². The number of carbonyl (C=O) groups is 2. The van der Waals surface area contributed by atoms with E-state index in [-0.39, 0.29) is 18.0 Å². The topological polar surface area (TPSA) is 71.1 Å². The summed E-state index contributed by atoms with van der Waals surface area (Å²) in [6.45, 7) is 3.60. The lowest BCUT2D eigenvalue weighted by Gasteiger charge is -2.28. The molecule has 0 saturated heterocycles. The molecule has 3 rings (SSSR count). The Hall–Kier alpha value is -3.02. The molecular weight excluding hydrogens is 456 g/mol. The molecule has 0 aromatic heterocycles. The number of methoxy groups -OCH3 is 1. The van der Waals surface area contributed by atoms with E-state index < -0.39 is 0 Å². The summed E-state index contributed by atoms with van der Waals surface area (Å²) in [6.07, 6.45) is 12.5. The Balaban J connectivity index is 1.57. The van der Waals surface area contributed by atoms with Crippen LogP contribution in [0.15, 0.2) is 36.4 Å². The maximum Gasteiger partial charge on any atom is 0.311 e. The van der Waals surface area contributed by atoms with Gasteiger partial charge in [-0.15, -0.1) is 0 Å². The number of aryl methyl sites for hydroxylation is 1. The summed E-state index contributed by atoms with van der Waals surface area (Å²) >= 11 is 0. The summed E-state index contributed by atoms with van der Waals surface area (Å²) in [5, 5.41) is 0. The van der Waals surface area contributed by atoms with E-state index in [9.17, 15) is 9.59 Å². The van der Waals surface area contributed by atoms with Gasteiger partial charge in [0.05, 0.1) is 7.11 Å². The highest BCUT2D eigenvalue weighted by Gasteiger charge is 2.26. The molecule has 1 heterocycles. The van der Waals surface area contributed by atoms with Crippen molar-refractivity contribution >= 4 is 11.9 Å². The zero-order valence-corrected chi connectivity index (χ0v) is 22.0. The minimum Gasteiger partial charge on any atom is -0.497 e. The second-order valence-electron chi connectivity index (χ2n) is 9.46. The number of hydrogen-bond donors (Lipinski definition) is 0. The predicted molar refractivity (Wildman–Crippen MR) is 140 cm³/mol. The first-order valence-corrected chi connectivity index (χ1v) is 13.4. The molecule has 0 bridgehead atoms. The molecule has 1 aliphatic heterocycles. The molecule has 6 heteroatoms. The quantitative estimate of drug-likeness (QED) is 0.153. The van der Waals surface area contributed by atoms with Gasteiger partial charge >= 0.3 is 11.9 Å². The van der Waals surface area contributed by atoms with Crippen LogP contribution in [0.25, 0.3) is 0 Å². The smallest absolute Gasteiger partial charge is 0.311 e. The molecule has 2 aromatic rings. The number of hydrogen-bond acceptors (Lipinski definition) is 6. The van der Waals surface area contributed by atoms with Crippen LogP contribution in [0.3, 0.4) is 0 Å². The van der Waals surface area contributed by atoms with Gasteiger partial charge in [-0.25, -0.2) is 0 Å². The molecular formula is C30H40O6. The number of unbranched alkanes of at least 4 members (excludes halogenated alkanes) is 8. The van der Waals surface area contributed by atoms with Gasteiger partial charge < -0.3 is 18.9 Å². The standard InChI is InChI=1S/C30H40O6/c1-4-5-6-7-8-9-10-11-12-13-30(32)36-29-20-24(33-3)17-18-26(29)27-19-15-23-14-16-25(34-22(2)31)21-28(23)35-27/h14,16-18,20-21,27H,4-13,15,19H2,1-3H3. The summed E-state index contributed by atoms with van der Waals surface area (Å²) in [5.74, 6) is 1.61. The van der Waals surface area contributed by atoms with Crippen molar-refractivity contribution in [2.45, 2.75) is 97.0 Å². The number of benzene rings is 2. The van der Waals surface area contributed by atoms with Gasteiger partial charge in [0.1, 0.15) is 29.1 Å². The van der Waals surface area contributed by atoms with Crippen LogP contribution in [0.1, 0.15) is 102 Å². The van der Waals surface area contributed by atoms with E-state index in [1.165, 1.54) is 45.4 Å². The Morgan fingerprint density at radius 2 is 1.58 bits per heavy atom. The van der Waals surface area contributed by atoms with Crippen molar-refractivity contribution in [2.75, 3.05) is 7.11 Å². The van der Waals surface area contributed by atoms with E-state index in [1.807, 2.05) is 18.2 Å². The van der Waals surface area contributed by atoms with E-state index in [0.717, 1.165) is 43.2 Å². The molecule has 6 nitrogen and oxygen atoms in total. The average molecular weight is 497 g/mol. The first kappa shape index (κ1) is 27.6. The van der Waals surface area contributed by atoms with Gasteiger partial charge in [0.2, 0.25) is 0 Å². The SMILES string of the molecule is CCCCCCCCCCCC(=O)Oc1cc(OC)ccc1C1CCc2ccc(OC(C)=O)cc2O1. The summed E-state index contributed by atoms with van der Waals surface area (Å²) in [7, 11) is 1.59. The summed E-state index contributed by atoms with van der Waals surface area (Å²) in [6, 6.07) is 10.9. The molecule has 1 atom stereocenters. The highest BCUT2D eigenvalue weighted by molar-refractivity contribution is 5.73. The Morgan fingerprint density at radius 3 is 2.28 bits per heavy atom. The zero-order chi connectivity index (χ0) is 25.8. The summed E-state index contributed by atoms with van der Waals surface area (Å²) in [4.78, 5) is 24.0. The lowest BCUT2D eigenvalue weighted by Crippen LogP contribution is -2.18. The van der Waals surface area contributed by atoms with Crippen LogP contribution in [0, 0.1) is 0 Å². The molecule has 0 radical (unpaired) electrons. The van der Waals surface area contributed by atoms with Gasteiger partial charge in [-0.3, -0.25) is 9.59 Å². The third kappa shape index (κ3) is 8.58. The first-order chi connectivity index (χ1) is 17.5. The van der Waals surface area contributed by atoms with Gasteiger partial charge in [-0.2, -0.15) is 0 Å². The minimum atomic E-state index is -0.376. The van der Waals surface area contributed by atoms with Gasteiger partial charge in [0, 0.05) is 31.0 Å².